The molecule has 1 amide bonds. The standard InChI is InChI=1S/C20H27ClN2O5/c21-15-4-5-16(17(24)12-15)19(26)28-13-18(25)22-14-20(6-2-1-3-7-20)23-8-10-27-11-9-23/h4-5,12,24H,1-3,6-11,13-14H2,(H,22,25). The number of phenols is 1. The van der Waals surface area contributed by atoms with E-state index in [-0.39, 0.29) is 29.4 Å². The molecule has 8 heteroatoms. The summed E-state index contributed by atoms with van der Waals surface area (Å²) in [5, 5.41) is 13.0. The minimum atomic E-state index is -0.759. The van der Waals surface area contributed by atoms with E-state index in [1.165, 1.54) is 24.6 Å². The summed E-state index contributed by atoms with van der Waals surface area (Å²) >= 11 is 5.75. The lowest BCUT2D eigenvalue weighted by Crippen LogP contribution is -2.59. The maximum atomic E-state index is 12.3. The molecule has 2 fully saturated rings. The molecule has 1 aromatic rings. The first-order chi connectivity index (χ1) is 13.5. The fourth-order valence-corrected chi connectivity index (χ4v) is 4.22. The molecule has 28 heavy (non-hydrogen) atoms. The molecule has 0 bridgehead atoms. The molecule has 1 saturated heterocycles. The highest BCUT2D eigenvalue weighted by Crippen LogP contribution is 2.33. The molecule has 0 aromatic heterocycles. The normalized spacial score (nSPS) is 19.8. The van der Waals surface area contributed by atoms with Gasteiger partial charge in [0.05, 0.1) is 13.2 Å². The van der Waals surface area contributed by atoms with Gasteiger partial charge in [-0.2, -0.15) is 0 Å². The molecule has 0 spiro atoms. The quantitative estimate of drug-likeness (QED) is 0.700. The number of carbonyl (C=O) groups excluding carboxylic acids is 2. The van der Waals surface area contributed by atoms with Gasteiger partial charge in [0.1, 0.15) is 11.3 Å². The van der Waals surface area contributed by atoms with E-state index in [9.17, 15) is 14.7 Å². The van der Waals surface area contributed by atoms with Crippen LogP contribution in [0.5, 0.6) is 5.75 Å². The van der Waals surface area contributed by atoms with Crippen molar-refractivity contribution in [3.63, 3.8) is 0 Å². The van der Waals surface area contributed by atoms with E-state index >= 15 is 0 Å². The van der Waals surface area contributed by atoms with E-state index in [1.807, 2.05) is 0 Å². The maximum Gasteiger partial charge on any atom is 0.342 e. The molecule has 1 saturated carbocycles. The van der Waals surface area contributed by atoms with Crippen molar-refractivity contribution in [1.82, 2.24) is 10.2 Å². The second-order valence-electron chi connectivity index (χ2n) is 7.40. The minimum Gasteiger partial charge on any atom is -0.507 e. The summed E-state index contributed by atoms with van der Waals surface area (Å²) in [6, 6.07) is 4.11. The SMILES string of the molecule is O=C(COC(=O)c1ccc(Cl)cc1O)NCC1(N2CCOCC2)CCCCC1. The van der Waals surface area contributed by atoms with E-state index in [0.717, 1.165) is 52.0 Å². The zero-order chi connectivity index (χ0) is 20.0. The highest BCUT2D eigenvalue weighted by molar-refractivity contribution is 6.30. The van der Waals surface area contributed by atoms with Crippen molar-refractivity contribution < 1.29 is 24.2 Å². The van der Waals surface area contributed by atoms with Gasteiger partial charge in [-0.1, -0.05) is 30.9 Å². The molecule has 1 aliphatic heterocycles. The van der Waals surface area contributed by atoms with Crippen molar-refractivity contribution in [2.24, 2.45) is 0 Å². The molecule has 2 N–H and O–H groups in total. The smallest absolute Gasteiger partial charge is 0.342 e. The van der Waals surface area contributed by atoms with Crippen LogP contribution in [0.4, 0.5) is 0 Å². The number of benzene rings is 1. The van der Waals surface area contributed by atoms with Crippen LogP contribution in [0.3, 0.4) is 0 Å². The predicted octanol–water partition coefficient (Wildman–Crippen LogP) is 2.35. The fraction of sp³-hybridized carbons (Fsp3) is 0.600. The molecule has 1 heterocycles. The Hall–Kier alpha value is -1.83. The average molecular weight is 411 g/mol. The van der Waals surface area contributed by atoms with Gasteiger partial charge in [0, 0.05) is 30.2 Å². The molecular formula is C20H27ClN2O5. The van der Waals surface area contributed by atoms with Crippen molar-refractivity contribution in [1.29, 1.82) is 0 Å². The van der Waals surface area contributed by atoms with Gasteiger partial charge in [-0.25, -0.2) is 4.79 Å². The Morgan fingerprint density at radius 3 is 2.61 bits per heavy atom. The monoisotopic (exact) mass is 410 g/mol. The van der Waals surface area contributed by atoms with Gasteiger partial charge in [-0.05, 0) is 31.0 Å². The van der Waals surface area contributed by atoms with E-state index in [4.69, 9.17) is 21.1 Å². The highest BCUT2D eigenvalue weighted by Gasteiger charge is 2.38. The number of aromatic hydroxyl groups is 1. The van der Waals surface area contributed by atoms with Crippen molar-refractivity contribution in [2.45, 2.75) is 37.6 Å². The molecule has 7 nitrogen and oxygen atoms in total. The molecule has 2 aliphatic rings. The number of hydrogen-bond donors (Lipinski definition) is 2. The molecule has 0 radical (unpaired) electrons. The van der Waals surface area contributed by atoms with Crippen LogP contribution in [0.15, 0.2) is 18.2 Å². The van der Waals surface area contributed by atoms with Crippen LogP contribution in [0.25, 0.3) is 0 Å². The summed E-state index contributed by atoms with van der Waals surface area (Å²) < 4.78 is 10.5. The summed E-state index contributed by atoms with van der Waals surface area (Å²) in [6.07, 6.45) is 5.62. The number of ether oxygens (including phenoxy) is 2. The Balaban J connectivity index is 1.52. The first-order valence-electron chi connectivity index (χ1n) is 9.75. The van der Waals surface area contributed by atoms with Crippen LogP contribution in [0, 0.1) is 0 Å². The topological polar surface area (TPSA) is 88.1 Å². The van der Waals surface area contributed by atoms with E-state index in [2.05, 4.69) is 10.2 Å². The van der Waals surface area contributed by atoms with Crippen LogP contribution in [0.2, 0.25) is 5.02 Å². The summed E-state index contributed by atoms with van der Waals surface area (Å²) in [5.41, 5.74) is -0.0647. The number of morpholine rings is 1. The first kappa shape index (κ1) is 20.9. The van der Waals surface area contributed by atoms with Gasteiger partial charge < -0.3 is 19.9 Å². The van der Waals surface area contributed by atoms with Crippen LogP contribution >= 0.6 is 11.6 Å². The molecule has 154 valence electrons. The second-order valence-corrected chi connectivity index (χ2v) is 7.84. The number of amides is 1. The zero-order valence-electron chi connectivity index (χ0n) is 15.9. The van der Waals surface area contributed by atoms with E-state index in [1.54, 1.807) is 0 Å². The minimum absolute atomic E-state index is 0.0192. The van der Waals surface area contributed by atoms with E-state index in [0.29, 0.717) is 11.6 Å². The van der Waals surface area contributed by atoms with Crippen molar-refractivity contribution in [3.8, 4) is 5.75 Å². The third-order valence-electron chi connectivity index (χ3n) is 5.59. The lowest BCUT2D eigenvalue weighted by atomic mass is 9.79. The molecule has 0 unspecified atom stereocenters. The third kappa shape index (κ3) is 5.16. The number of halogens is 1. The lowest BCUT2D eigenvalue weighted by molar-refractivity contribution is -0.125. The zero-order valence-corrected chi connectivity index (χ0v) is 16.7. The van der Waals surface area contributed by atoms with Crippen LogP contribution in [-0.2, 0) is 14.3 Å². The molecule has 1 aromatic carbocycles. The van der Waals surface area contributed by atoms with Gasteiger partial charge in [-0.3, -0.25) is 9.69 Å². The number of rotatable bonds is 6. The molecule has 3 rings (SSSR count). The average Bonchev–Trinajstić information content (AvgIpc) is 2.72. The van der Waals surface area contributed by atoms with Crippen molar-refractivity contribution >= 4 is 23.5 Å². The Bertz CT molecular complexity index is 700. The number of carbonyl (C=O) groups is 2. The number of nitrogens with one attached hydrogen (secondary N) is 1. The number of nitrogens with zero attached hydrogens (tertiary/aromatic N) is 1. The second kappa shape index (κ2) is 9.58. The largest absolute Gasteiger partial charge is 0.507 e. The Kier molecular flexibility index (Phi) is 7.15. The Labute approximate surface area is 169 Å². The Morgan fingerprint density at radius 1 is 1.21 bits per heavy atom. The van der Waals surface area contributed by atoms with Crippen molar-refractivity contribution in [3.05, 3.63) is 28.8 Å². The Morgan fingerprint density at radius 2 is 1.93 bits per heavy atom. The first-order valence-corrected chi connectivity index (χ1v) is 10.1. The van der Waals surface area contributed by atoms with Gasteiger partial charge in [0.15, 0.2) is 6.61 Å². The van der Waals surface area contributed by atoms with Gasteiger partial charge >= 0.3 is 5.97 Å². The van der Waals surface area contributed by atoms with Gasteiger partial charge in [0.2, 0.25) is 0 Å². The number of esters is 1. The summed E-state index contributed by atoms with van der Waals surface area (Å²) in [7, 11) is 0. The third-order valence-corrected chi connectivity index (χ3v) is 5.83. The van der Waals surface area contributed by atoms with E-state index < -0.39 is 5.97 Å². The predicted molar refractivity (Wildman–Crippen MR) is 105 cm³/mol. The molecule has 0 atom stereocenters. The summed E-state index contributed by atoms with van der Waals surface area (Å²) in [6.45, 7) is 3.34. The highest BCUT2D eigenvalue weighted by atomic mass is 35.5. The van der Waals surface area contributed by atoms with Gasteiger partial charge in [0.25, 0.3) is 5.91 Å². The van der Waals surface area contributed by atoms with Crippen LogP contribution in [-0.4, -0.2) is 66.9 Å². The van der Waals surface area contributed by atoms with Crippen molar-refractivity contribution in [2.75, 3.05) is 39.5 Å². The fourth-order valence-electron chi connectivity index (χ4n) is 4.05. The van der Waals surface area contributed by atoms with Gasteiger partial charge in [-0.15, -0.1) is 0 Å². The van der Waals surface area contributed by atoms with Crippen LogP contribution < -0.4 is 5.32 Å². The number of phenolic OH excluding ortho intramolecular Hbond substituents is 1. The summed E-state index contributed by atoms with van der Waals surface area (Å²) in [5.74, 6) is -1.38. The maximum absolute atomic E-state index is 12.3. The van der Waals surface area contributed by atoms with Crippen LogP contribution in [0.1, 0.15) is 42.5 Å². The summed E-state index contributed by atoms with van der Waals surface area (Å²) in [4.78, 5) is 26.8. The lowest BCUT2D eigenvalue weighted by Gasteiger charge is -2.48. The number of hydrogen-bond acceptors (Lipinski definition) is 6. The molecule has 1 aliphatic carbocycles. The molecular weight excluding hydrogens is 384 g/mol.